The third kappa shape index (κ3) is 4.60. The van der Waals surface area contributed by atoms with E-state index in [0.29, 0.717) is 16.3 Å². The Kier molecular flexibility index (Phi) is 5.68. The predicted octanol–water partition coefficient (Wildman–Crippen LogP) is 3.30. The molecule has 27 heavy (non-hydrogen) atoms. The van der Waals surface area contributed by atoms with Crippen molar-refractivity contribution in [2.75, 3.05) is 5.32 Å². The average molecular weight is 449 g/mol. The van der Waals surface area contributed by atoms with Gasteiger partial charge in [0.1, 0.15) is 11.8 Å². The molecule has 0 radical (unpaired) electrons. The van der Waals surface area contributed by atoms with Gasteiger partial charge in [0.15, 0.2) is 0 Å². The largest absolute Gasteiger partial charge is 0.463 e. The van der Waals surface area contributed by atoms with E-state index in [9.17, 15) is 14.4 Å². The summed E-state index contributed by atoms with van der Waals surface area (Å²) in [4.78, 5) is 35.9. The first kappa shape index (κ1) is 18.8. The molecule has 0 aliphatic heterocycles. The smallest absolute Gasteiger partial charge is 0.329 e. The molecule has 7 nitrogen and oxygen atoms in total. The Morgan fingerprint density at radius 3 is 2.59 bits per heavy atom. The molecule has 0 spiro atoms. The van der Waals surface area contributed by atoms with Crippen LogP contribution in [0.25, 0.3) is 11.0 Å². The van der Waals surface area contributed by atoms with Crippen LogP contribution in [-0.2, 0) is 9.59 Å². The van der Waals surface area contributed by atoms with Gasteiger partial charge < -0.3 is 9.73 Å². The third-order valence-corrected chi connectivity index (χ3v) is 4.20. The molecule has 0 fully saturated rings. The summed E-state index contributed by atoms with van der Waals surface area (Å²) in [6, 6.07) is 11.4. The molecule has 0 bridgehead atoms. The van der Waals surface area contributed by atoms with E-state index in [1.807, 2.05) is 0 Å². The SMILES string of the molecule is O=C(N/N=C\c1coc2ccc(Cl)cc2c1=O)C(=O)Nc1ccc(Br)cc1. The number of hydrogen-bond acceptors (Lipinski definition) is 5. The highest BCUT2D eigenvalue weighted by Gasteiger charge is 2.13. The summed E-state index contributed by atoms with van der Waals surface area (Å²) in [6.45, 7) is 0. The van der Waals surface area contributed by atoms with Crippen LogP contribution < -0.4 is 16.2 Å². The Morgan fingerprint density at radius 2 is 1.85 bits per heavy atom. The molecule has 3 rings (SSSR count). The Morgan fingerprint density at radius 1 is 1.11 bits per heavy atom. The van der Waals surface area contributed by atoms with Crippen LogP contribution in [0.5, 0.6) is 0 Å². The quantitative estimate of drug-likeness (QED) is 0.365. The number of rotatable bonds is 3. The molecule has 1 aromatic heterocycles. The number of halogens is 2. The van der Waals surface area contributed by atoms with Crippen LogP contribution in [0.3, 0.4) is 0 Å². The number of benzene rings is 2. The molecule has 3 aromatic rings. The molecular formula is C18H11BrClN3O4. The van der Waals surface area contributed by atoms with Crippen molar-refractivity contribution >= 4 is 62.2 Å². The van der Waals surface area contributed by atoms with E-state index in [1.54, 1.807) is 36.4 Å². The van der Waals surface area contributed by atoms with Crippen molar-refractivity contribution in [1.82, 2.24) is 5.43 Å². The van der Waals surface area contributed by atoms with Crippen LogP contribution in [0.15, 0.2) is 67.5 Å². The summed E-state index contributed by atoms with van der Waals surface area (Å²) in [7, 11) is 0. The molecule has 0 aliphatic rings. The van der Waals surface area contributed by atoms with Crippen molar-refractivity contribution in [1.29, 1.82) is 0 Å². The van der Waals surface area contributed by atoms with Crippen LogP contribution in [0, 0.1) is 0 Å². The first-order chi connectivity index (χ1) is 12.9. The zero-order valence-corrected chi connectivity index (χ0v) is 15.9. The first-order valence-corrected chi connectivity index (χ1v) is 8.72. The molecule has 0 saturated heterocycles. The second-order valence-electron chi connectivity index (χ2n) is 5.32. The zero-order valence-electron chi connectivity index (χ0n) is 13.5. The van der Waals surface area contributed by atoms with Crippen LogP contribution >= 0.6 is 27.5 Å². The number of fused-ring (bicyclic) bond motifs is 1. The van der Waals surface area contributed by atoms with Gasteiger partial charge >= 0.3 is 11.8 Å². The number of hydrazone groups is 1. The van der Waals surface area contributed by atoms with Gasteiger partial charge in [-0.05, 0) is 42.5 Å². The molecule has 2 aromatic carbocycles. The van der Waals surface area contributed by atoms with Crippen molar-refractivity contribution in [3.8, 4) is 0 Å². The van der Waals surface area contributed by atoms with Gasteiger partial charge in [-0.2, -0.15) is 5.10 Å². The number of nitrogens with one attached hydrogen (secondary N) is 2. The van der Waals surface area contributed by atoms with Gasteiger partial charge in [-0.3, -0.25) is 14.4 Å². The van der Waals surface area contributed by atoms with Crippen molar-refractivity contribution in [3.63, 3.8) is 0 Å². The summed E-state index contributed by atoms with van der Waals surface area (Å²) in [5, 5.41) is 6.71. The first-order valence-electron chi connectivity index (χ1n) is 7.55. The molecule has 0 atom stereocenters. The number of nitrogens with zero attached hydrogens (tertiary/aromatic N) is 1. The second kappa shape index (κ2) is 8.15. The molecule has 0 aliphatic carbocycles. The fraction of sp³-hybridized carbons (Fsp3) is 0. The lowest BCUT2D eigenvalue weighted by molar-refractivity contribution is -0.136. The fourth-order valence-corrected chi connectivity index (χ4v) is 2.58. The van der Waals surface area contributed by atoms with E-state index in [0.717, 1.165) is 10.7 Å². The second-order valence-corrected chi connectivity index (χ2v) is 6.67. The maximum atomic E-state index is 12.4. The molecule has 9 heteroatoms. The fourth-order valence-electron chi connectivity index (χ4n) is 2.14. The lowest BCUT2D eigenvalue weighted by Gasteiger charge is -2.03. The monoisotopic (exact) mass is 447 g/mol. The van der Waals surface area contributed by atoms with E-state index >= 15 is 0 Å². The molecule has 0 unspecified atom stereocenters. The van der Waals surface area contributed by atoms with Crippen LogP contribution in [0.1, 0.15) is 5.56 Å². The Bertz CT molecular complexity index is 1110. The van der Waals surface area contributed by atoms with E-state index in [4.69, 9.17) is 16.0 Å². The van der Waals surface area contributed by atoms with E-state index in [1.165, 1.54) is 12.3 Å². The Balaban J connectivity index is 1.68. The predicted molar refractivity (Wildman–Crippen MR) is 106 cm³/mol. The van der Waals surface area contributed by atoms with Crippen molar-refractivity contribution in [2.24, 2.45) is 5.10 Å². The summed E-state index contributed by atoms with van der Waals surface area (Å²) in [5.41, 5.74) is 2.61. The van der Waals surface area contributed by atoms with Crippen LogP contribution in [0.2, 0.25) is 5.02 Å². The zero-order chi connectivity index (χ0) is 19.4. The summed E-state index contributed by atoms with van der Waals surface area (Å²) in [5.74, 6) is -1.88. The number of hydrogen-bond donors (Lipinski definition) is 2. The van der Waals surface area contributed by atoms with Gasteiger partial charge in [-0.1, -0.05) is 27.5 Å². The van der Waals surface area contributed by atoms with E-state index < -0.39 is 11.8 Å². The molecule has 2 amide bonds. The van der Waals surface area contributed by atoms with Crippen LogP contribution in [-0.4, -0.2) is 18.0 Å². The van der Waals surface area contributed by atoms with Gasteiger partial charge in [0.25, 0.3) is 0 Å². The molecule has 1 heterocycles. The molecule has 0 saturated carbocycles. The van der Waals surface area contributed by atoms with Crippen LogP contribution in [0.4, 0.5) is 5.69 Å². The molecular weight excluding hydrogens is 438 g/mol. The highest BCUT2D eigenvalue weighted by Crippen LogP contribution is 2.16. The molecule has 136 valence electrons. The minimum Gasteiger partial charge on any atom is -0.463 e. The third-order valence-electron chi connectivity index (χ3n) is 3.44. The van der Waals surface area contributed by atoms with Crippen molar-refractivity contribution in [3.05, 3.63) is 74.0 Å². The summed E-state index contributed by atoms with van der Waals surface area (Å²) < 4.78 is 6.16. The van der Waals surface area contributed by atoms with Gasteiger partial charge in [-0.15, -0.1) is 0 Å². The van der Waals surface area contributed by atoms with E-state index in [-0.39, 0.29) is 16.4 Å². The average Bonchev–Trinajstić information content (AvgIpc) is 2.65. The highest BCUT2D eigenvalue weighted by atomic mass is 79.9. The lowest BCUT2D eigenvalue weighted by Crippen LogP contribution is -2.32. The number of amides is 2. The standard InChI is InChI=1S/C18H11BrClN3O4/c19-11-1-4-13(5-2-11)22-17(25)18(26)23-21-8-10-9-27-15-6-3-12(20)7-14(15)16(10)24/h1-9H,(H,22,25)(H,23,26)/b21-8-. The maximum Gasteiger partial charge on any atom is 0.329 e. The minimum atomic E-state index is -0.984. The maximum absolute atomic E-state index is 12.4. The normalized spacial score (nSPS) is 10.9. The van der Waals surface area contributed by atoms with Gasteiger partial charge in [0.2, 0.25) is 5.43 Å². The van der Waals surface area contributed by atoms with Crippen molar-refractivity contribution in [2.45, 2.75) is 0 Å². The van der Waals surface area contributed by atoms with E-state index in [2.05, 4.69) is 31.8 Å². The summed E-state index contributed by atoms with van der Waals surface area (Å²) >= 11 is 9.15. The van der Waals surface area contributed by atoms with Gasteiger partial charge in [-0.25, -0.2) is 5.43 Å². The van der Waals surface area contributed by atoms with Gasteiger partial charge in [0.05, 0.1) is 17.2 Å². The lowest BCUT2D eigenvalue weighted by atomic mass is 10.2. The summed E-state index contributed by atoms with van der Waals surface area (Å²) in [6.07, 6.45) is 2.30. The minimum absolute atomic E-state index is 0.0957. The number of carbonyl (C=O) groups excluding carboxylic acids is 2. The number of anilines is 1. The Hall–Kier alpha value is -2.97. The molecule has 2 N–H and O–H groups in total. The Labute approximate surface area is 166 Å². The topological polar surface area (TPSA) is 101 Å². The highest BCUT2D eigenvalue weighted by molar-refractivity contribution is 9.10. The van der Waals surface area contributed by atoms with Gasteiger partial charge in [0, 0.05) is 15.2 Å². The number of carbonyl (C=O) groups is 2. The van der Waals surface area contributed by atoms with Crippen molar-refractivity contribution < 1.29 is 14.0 Å².